The van der Waals surface area contributed by atoms with Gasteiger partial charge >= 0.3 is 5.97 Å². The van der Waals surface area contributed by atoms with Crippen molar-refractivity contribution in [3.63, 3.8) is 0 Å². The van der Waals surface area contributed by atoms with E-state index in [0.717, 1.165) is 44.3 Å². The van der Waals surface area contributed by atoms with Crippen LogP contribution in [0.3, 0.4) is 0 Å². The molecule has 1 aliphatic carbocycles. The summed E-state index contributed by atoms with van der Waals surface area (Å²) < 4.78 is 11.4. The number of aliphatic carboxylic acids is 1. The Morgan fingerprint density at radius 3 is 2.88 bits per heavy atom. The van der Waals surface area contributed by atoms with Crippen LogP contribution in [0.15, 0.2) is 12.4 Å². The standard InChI is InChI=1S/C16H24N4O4/c1-23-16-3-2-12(24-10-14(21)22)6-13(16)20(5-4-16)9-11-7-18-15(17)19-8-11/h7-8,12-13H,2-6,9-10H2,1H3,(H,21,22)(H2,17,18,19)/t12-,13-,16+/m0/s1. The summed E-state index contributed by atoms with van der Waals surface area (Å²) in [5.74, 6) is -0.660. The molecule has 0 unspecified atom stereocenters. The molecule has 24 heavy (non-hydrogen) atoms. The summed E-state index contributed by atoms with van der Waals surface area (Å²) in [7, 11) is 1.77. The predicted molar refractivity (Wildman–Crippen MR) is 86.2 cm³/mol. The summed E-state index contributed by atoms with van der Waals surface area (Å²) in [5.41, 5.74) is 6.37. The molecule has 0 radical (unpaired) electrons. The van der Waals surface area contributed by atoms with Crippen molar-refractivity contribution < 1.29 is 19.4 Å². The van der Waals surface area contributed by atoms with Crippen molar-refractivity contribution >= 4 is 11.9 Å². The van der Waals surface area contributed by atoms with Gasteiger partial charge in [-0.25, -0.2) is 14.8 Å². The highest BCUT2D eigenvalue weighted by Crippen LogP contribution is 2.43. The normalized spacial score (nSPS) is 30.2. The van der Waals surface area contributed by atoms with E-state index in [1.807, 2.05) is 0 Å². The third kappa shape index (κ3) is 3.50. The van der Waals surface area contributed by atoms with Gasteiger partial charge in [0.2, 0.25) is 5.95 Å². The highest BCUT2D eigenvalue weighted by atomic mass is 16.5. The van der Waals surface area contributed by atoms with Crippen molar-refractivity contribution in [3.8, 4) is 0 Å². The molecule has 0 aromatic carbocycles. The molecule has 1 aliphatic heterocycles. The Kier molecular flexibility index (Phi) is 4.98. The van der Waals surface area contributed by atoms with Gasteiger partial charge in [-0.15, -0.1) is 0 Å². The van der Waals surface area contributed by atoms with E-state index in [-0.39, 0.29) is 30.3 Å². The number of aromatic nitrogens is 2. The topological polar surface area (TPSA) is 111 Å². The summed E-state index contributed by atoms with van der Waals surface area (Å²) in [6.45, 7) is 1.40. The number of hydrogen-bond donors (Lipinski definition) is 2. The van der Waals surface area contributed by atoms with Crippen molar-refractivity contribution in [2.45, 2.75) is 50.0 Å². The summed E-state index contributed by atoms with van der Waals surface area (Å²) in [4.78, 5) is 21.2. The van der Waals surface area contributed by atoms with Gasteiger partial charge in [-0.2, -0.15) is 0 Å². The highest BCUT2D eigenvalue weighted by Gasteiger charge is 2.51. The zero-order valence-corrected chi connectivity index (χ0v) is 13.9. The molecule has 3 rings (SSSR count). The molecule has 2 heterocycles. The summed E-state index contributed by atoms with van der Waals surface area (Å²) in [6.07, 6.45) is 6.90. The smallest absolute Gasteiger partial charge is 0.329 e. The molecule has 0 spiro atoms. The van der Waals surface area contributed by atoms with E-state index in [1.54, 1.807) is 19.5 Å². The molecule has 0 bridgehead atoms. The second-order valence-corrected chi connectivity index (χ2v) is 6.56. The van der Waals surface area contributed by atoms with Gasteiger partial charge in [0.15, 0.2) is 0 Å². The molecular weight excluding hydrogens is 312 g/mol. The average molecular weight is 336 g/mol. The Morgan fingerprint density at radius 1 is 1.46 bits per heavy atom. The first kappa shape index (κ1) is 17.1. The molecule has 1 saturated heterocycles. The number of methoxy groups -OCH3 is 1. The van der Waals surface area contributed by atoms with E-state index in [0.29, 0.717) is 0 Å². The number of fused-ring (bicyclic) bond motifs is 1. The Labute approximate surface area is 141 Å². The van der Waals surface area contributed by atoms with E-state index in [4.69, 9.17) is 20.3 Å². The Morgan fingerprint density at radius 2 is 2.21 bits per heavy atom. The minimum atomic E-state index is -0.930. The molecule has 1 saturated carbocycles. The largest absolute Gasteiger partial charge is 0.480 e. The predicted octanol–water partition coefficient (Wildman–Crippen LogP) is 0.672. The molecule has 3 atom stereocenters. The molecule has 1 aromatic rings. The first-order chi connectivity index (χ1) is 11.5. The molecule has 3 N–H and O–H groups in total. The molecule has 1 aromatic heterocycles. The van der Waals surface area contributed by atoms with E-state index in [9.17, 15) is 4.79 Å². The van der Waals surface area contributed by atoms with Gasteiger partial charge in [-0.05, 0) is 25.7 Å². The first-order valence-corrected chi connectivity index (χ1v) is 8.21. The van der Waals surface area contributed by atoms with Gasteiger partial charge in [0, 0.05) is 44.2 Å². The van der Waals surface area contributed by atoms with Crippen LogP contribution in [0.4, 0.5) is 5.95 Å². The molecule has 0 amide bonds. The van der Waals surface area contributed by atoms with Crippen LogP contribution in [0.1, 0.15) is 31.2 Å². The lowest BCUT2D eigenvalue weighted by molar-refractivity contribution is -0.148. The number of carboxylic acid groups (broad SMARTS) is 1. The fourth-order valence-corrected chi connectivity index (χ4v) is 3.97. The van der Waals surface area contributed by atoms with Crippen LogP contribution in [0, 0.1) is 0 Å². The van der Waals surface area contributed by atoms with Crippen molar-refractivity contribution in [1.29, 1.82) is 0 Å². The number of hydrogen-bond acceptors (Lipinski definition) is 7. The minimum absolute atomic E-state index is 0.0438. The number of likely N-dealkylation sites (tertiary alicyclic amines) is 1. The second kappa shape index (κ2) is 7.00. The van der Waals surface area contributed by atoms with Crippen LogP contribution in [-0.4, -0.2) is 64.0 Å². The monoisotopic (exact) mass is 336 g/mol. The maximum atomic E-state index is 10.7. The van der Waals surface area contributed by atoms with E-state index in [2.05, 4.69) is 14.9 Å². The highest BCUT2D eigenvalue weighted by molar-refractivity contribution is 5.68. The van der Waals surface area contributed by atoms with Crippen LogP contribution >= 0.6 is 0 Å². The van der Waals surface area contributed by atoms with Gasteiger partial charge in [0.05, 0.1) is 11.7 Å². The molecule has 8 nitrogen and oxygen atoms in total. The minimum Gasteiger partial charge on any atom is -0.480 e. The summed E-state index contributed by atoms with van der Waals surface area (Å²) in [6, 6.07) is 0.201. The number of carbonyl (C=O) groups is 1. The molecule has 132 valence electrons. The second-order valence-electron chi connectivity index (χ2n) is 6.56. The quantitative estimate of drug-likeness (QED) is 0.780. The number of carboxylic acids is 1. The summed E-state index contributed by atoms with van der Waals surface area (Å²) in [5, 5.41) is 8.81. The van der Waals surface area contributed by atoms with Crippen LogP contribution in [-0.2, 0) is 20.8 Å². The van der Waals surface area contributed by atoms with Gasteiger partial charge < -0.3 is 20.3 Å². The van der Waals surface area contributed by atoms with Gasteiger partial charge in [-0.1, -0.05) is 0 Å². The zero-order valence-electron chi connectivity index (χ0n) is 13.9. The van der Waals surface area contributed by atoms with Crippen molar-refractivity contribution in [3.05, 3.63) is 18.0 Å². The lowest BCUT2D eigenvalue weighted by atomic mass is 9.79. The number of ether oxygens (including phenoxy) is 2. The van der Waals surface area contributed by atoms with E-state index in [1.165, 1.54) is 0 Å². The Balaban J connectivity index is 1.69. The SMILES string of the molecule is CO[C@@]12CC[C@H](OCC(=O)O)C[C@@H]1N(Cc1cnc(N)nc1)CC2. The number of nitrogens with two attached hydrogens (primary N) is 1. The summed E-state index contributed by atoms with van der Waals surface area (Å²) >= 11 is 0. The van der Waals surface area contributed by atoms with Gasteiger partial charge in [0.25, 0.3) is 0 Å². The number of rotatable bonds is 6. The third-order valence-electron chi connectivity index (χ3n) is 5.21. The number of nitrogen functional groups attached to an aromatic ring is 1. The maximum absolute atomic E-state index is 10.7. The van der Waals surface area contributed by atoms with Gasteiger partial charge in [0.1, 0.15) is 6.61 Å². The number of anilines is 1. The Bertz CT molecular complexity index is 582. The fourth-order valence-electron chi connectivity index (χ4n) is 3.97. The van der Waals surface area contributed by atoms with E-state index >= 15 is 0 Å². The molecular formula is C16H24N4O4. The fraction of sp³-hybridized carbons (Fsp3) is 0.688. The van der Waals surface area contributed by atoms with Gasteiger partial charge in [-0.3, -0.25) is 4.90 Å². The molecule has 2 aliphatic rings. The molecule has 8 heteroatoms. The number of nitrogens with zero attached hydrogens (tertiary/aromatic N) is 3. The van der Waals surface area contributed by atoms with Crippen LogP contribution in [0.2, 0.25) is 0 Å². The maximum Gasteiger partial charge on any atom is 0.329 e. The molecule has 2 fully saturated rings. The third-order valence-corrected chi connectivity index (χ3v) is 5.21. The average Bonchev–Trinajstić information content (AvgIpc) is 2.93. The zero-order chi connectivity index (χ0) is 17.2. The lowest BCUT2D eigenvalue weighted by Crippen LogP contribution is -2.51. The van der Waals surface area contributed by atoms with Crippen molar-refractivity contribution in [2.75, 3.05) is 26.0 Å². The Hall–Kier alpha value is -1.77. The van der Waals surface area contributed by atoms with Crippen LogP contribution in [0.5, 0.6) is 0 Å². The lowest BCUT2D eigenvalue weighted by Gasteiger charge is -2.43. The van der Waals surface area contributed by atoms with Crippen molar-refractivity contribution in [2.24, 2.45) is 0 Å². The van der Waals surface area contributed by atoms with Crippen LogP contribution < -0.4 is 5.73 Å². The first-order valence-electron chi connectivity index (χ1n) is 8.21. The van der Waals surface area contributed by atoms with Crippen LogP contribution in [0.25, 0.3) is 0 Å². The van der Waals surface area contributed by atoms with E-state index < -0.39 is 5.97 Å². The van der Waals surface area contributed by atoms with Crippen molar-refractivity contribution in [1.82, 2.24) is 14.9 Å².